The minimum Gasteiger partial charge on any atom is -0.378 e. The average Bonchev–Trinajstić information content (AvgIpc) is 3.16. The third-order valence-electron chi connectivity index (χ3n) is 4.33. The van der Waals surface area contributed by atoms with Crippen molar-refractivity contribution < 1.29 is 14.3 Å². The number of carbonyl (C=O) groups is 1. The van der Waals surface area contributed by atoms with E-state index in [0.29, 0.717) is 32.8 Å². The molecule has 0 saturated carbocycles. The van der Waals surface area contributed by atoms with Gasteiger partial charge in [-0.3, -0.25) is 0 Å². The van der Waals surface area contributed by atoms with Crippen LogP contribution in [0.2, 0.25) is 0 Å². The molecule has 128 valence electrons. The number of hydrogen-bond donors (Lipinski definition) is 1. The number of nitrogens with one attached hydrogen (secondary N) is 1. The summed E-state index contributed by atoms with van der Waals surface area (Å²) in [6.45, 7) is 7.30. The molecule has 2 atom stereocenters. The quantitative estimate of drug-likeness (QED) is 0.909. The van der Waals surface area contributed by atoms with Gasteiger partial charge in [0.25, 0.3) is 0 Å². The minimum absolute atomic E-state index is 0.0151. The molecule has 0 radical (unpaired) electrons. The van der Waals surface area contributed by atoms with E-state index >= 15 is 0 Å². The number of nitrogens with zero attached hydrogens (tertiary/aromatic N) is 2. The number of morpholine rings is 1. The average molecular weight is 339 g/mol. The Labute approximate surface area is 141 Å². The summed E-state index contributed by atoms with van der Waals surface area (Å²) in [5, 5.41) is 4.09. The Morgan fingerprint density at radius 1 is 1.61 bits per heavy atom. The highest BCUT2D eigenvalue weighted by Crippen LogP contribution is 2.29. The number of aromatic nitrogens is 1. The largest absolute Gasteiger partial charge is 0.378 e. The van der Waals surface area contributed by atoms with E-state index in [1.165, 1.54) is 4.88 Å². The molecule has 0 bridgehead atoms. The van der Waals surface area contributed by atoms with Crippen molar-refractivity contribution in [1.82, 2.24) is 15.2 Å². The van der Waals surface area contributed by atoms with Gasteiger partial charge in [-0.2, -0.15) is 0 Å². The lowest BCUT2D eigenvalue weighted by atomic mass is 9.99. The highest BCUT2D eigenvalue weighted by Gasteiger charge is 2.43. The molecular formula is C16H25N3O3S. The lowest BCUT2D eigenvalue weighted by Gasteiger charge is -2.42. The highest BCUT2D eigenvalue weighted by atomic mass is 32.1. The van der Waals surface area contributed by atoms with Crippen molar-refractivity contribution in [2.75, 3.05) is 32.8 Å². The van der Waals surface area contributed by atoms with E-state index in [1.807, 2.05) is 18.0 Å². The Morgan fingerprint density at radius 2 is 2.48 bits per heavy atom. The topological polar surface area (TPSA) is 63.7 Å². The number of rotatable bonds is 4. The number of thiazole rings is 1. The Hall–Kier alpha value is -1.18. The third kappa shape index (κ3) is 4.02. The summed E-state index contributed by atoms with van der Waals surface area (Å²) in [6.07, 6.45) is 4.63. The number of ether oxygens (including phenoxy) is 2. The van der Waals surface area contributed by atoms with E-state index in [2.05, 4.69) is 17.2 Å². The fourth-order valence-electron chi connectivity index (χ4n) is 3.20. The Balaban J connectivity index is 1.49. The molecule has 3 heterocycles. The van der Waals surface area contributed by atoms with Crippen LogP contribution < -0.4 is 5.32 Å². The first-order valence-corrected chi connectivity index (χ1v) is 9.14. The lowest BCUT2D eigenvalue weighted by Crippen LogP contribution is -2.59. The molecule has 1 aromatic rings. The van der Waals surface area contributed by atoms with Gasteiger partial charge in [0.15, 0.2) is 0 Å². The molecule has 2 saturated heterocycles. The monoisotopic (exact) mass is 339 g/mol. The summed E-state index contributed by atoms with van der Waals surface area (Å²) in [4.78, 5) is 20.0. The Morgan fingerprint density at radius 3 is 3.17 bits per heavy atom. The first kappa shape index (κ1) is 16.7. The zero-order valence-corrected chi connectivity index (χ0v) is 14.7. The van der Waals surface area contributed by atoms with Crippen LogP contribution in [0.15, 0.2) is 6.20 Å². The first-order chi connectivity index (χ1) is 11.1. The van der Waals surface area contributed by atoms with Crippen molar-refractivity contribution in [2.45, 2.75) is 44.8 Å². The number of hydrogen-bond acceptors (Lipinski definition) is 5. The van der Waals surface area contributed by atoms with Crippen molar-refractivity contribution >= 4 is 17.4 Å². The molecule has 1 aromatic heterocycles. The zero-order valence-electron chi connectivity index (χ0n) is 13.8. The van der Waals surface area contributed by atoms with Crippen LogP contribution in [-0.4, -0.2) is 60.5 Å². The Kier molecular flexibility index (Phi) is 5.18. The molecule has 2 amide bonds. The van der Waals surface area contributed by atoms with Gasteiger partial charge in [0.05, 0.1) is 24.3 Å². The van der Waals surface area contributed by atoms with Crippen molar-refractivity contribution in [3.8, 4) is 0 Å². The number of carbonyl (C=O) groups excluding carboxylic acids is 1. The van der Waals surface area contributed by atoms with Crippen LogP contribution in [0.1, 0.15) is 30.2 Å². The van der Waals surface area contributed by atoms with Crippen LogP contribution in [-0.2, 0) is 22.3 Å². The van der Waals surface area contributed by atoms with Gasteiger partial charge in [0.1, 0.15) is 5.60 Å². The van der Waals surface area contributed by atoms with Crippen LogP contribution in [0.25, 0.3) is 0 Å². The second kappa shape index (κ2) is 7.15. The van der Waals surface area contributed by atoms with E-state index in [-0.39, 0.29) is 17.7 Å². The normalized spacial score (nSPS) is 27.6. The van der Waals surface area contributed by atoms with Gasteiger partial charge in [-0.1, -0.05) is 6.92 Å². The van der Waals surface area contributed by atoms with Crippen molar-refractivity contribution in [1.29, 1.82) is 0 Å². The fourth-order valence-corrected chi connectivity index (χ4v) is 4.06. The molecule has 1 N–H and O–H groups in total. The lowest BCUT2D eigenvalue weighted by molar-refractivity contribution is -0.137. The van der Waals surface area contributed by atoms with Crippen LogP contribution in [0.4, 0.5) is 4.79 Å². The summed E-state index contributed by atoms with van der Waals surface area (Å²) in [6, 6.07) is -0.0151. The second-order valence-corrected chi connectivity index (χ2v) is 7.55. The standard InChI is InChI=1S/C16H25N3O3S/c1-3-13-8-18-14(23-13)4-6-17-15(20)19-9-12(2)22-16(10-19)5-7-21-11-16/h8,12H,3-7,9-11H2,1-2H3,(H,17,20)/t12-,16+/m1/s1. The summed E-state index contributed by atoms with van der Waals surface area (Å²) in [5.74, 6) is 0. The smallest absolute Gasteiger partial charge is 0.317 e. The minimum atomic E-state index is -0.305. The number of amides is 2. The fraction of sp³-hybridized carbons (Fsp3) is 0.750. The highest BCUT2D eigenvalue weighted by molar-refractivity contribution is 7.11. The maximum absolute atomic E-state index is 12.4. The van der Waals surface area contributed by atoms with E-state index in [9.17, 15) is 4.79 Å². The van der Waals surface area contributed by atoms with E-state index in [1.54, 1.807) is 11.3 Å². The summed E-state index contributed by atoms with van der Waals surface area (Å²) in [5.41, 5.74) is -0.305. The van der Waals surface area contributed by atoms with Crippen molar-refractivity contribution in [3.05, 3.63) is 16.1 Å². The molecule has 2 fully saturated rings. The van der Waals surface area contributed by atoms with Crippen LogP contribution >= 0.6 is 11.3 Å². The second-order valence-electron chi connectivity index (χ2n) is 6.35. The van der Waals surface area contributed by atoms with E-state index in [0.717, 1.165) is 24.3 Å². The summed E-state index contributed by atoms with van der Waals surface area (Å²) < 4.78 is 11.5. The maximum atomic E-state index is 12.4. The molecule has 1 spiro atoms. The molecule has 0 unspecified atom stereocenters. The first-order valence-electron chi connectivity index (χ1n) is 8.32. The SMILES string of the molecule is CCc1cnc(CCNC(=O)N2C[C@@H](C)O[C@@]3(CCOC3)C2)s1. The summed E-state index contributed by atoms with van der Waals surface area (Å²) >= 11 is 1.72. The van der Waals surface area contributed by atoms with Gasteiger partial charge in [-0.05, 0) is 13.3 Å². The van der Waals surface area contributed by atoms with Gasteiger partial charge in [-0.25, -0.2) is 9.78 Å². The van der Waals surface area contributed by atoms with Crippen molar-refractivity contribution in [3.63, 3.8) is 0 Å². The van der Waals surface area contributed by atoms with Crippen LogP contribution in [0, 0.1) is 0 Å². The molecule has 3 rings (SSSR count). The zero-order chi connectivity index (χ0) is 16.3. The van der Waals surface area contributed by atoms with Gasteiger partial charge in [0.2, 0.25) is 0 Å². The Bertz CT molecular complexity index is 542. The van der Waals surface area contributed by atoms with Crippen LogP contribution in [0.5, 0.6) is 0 Å². The molecule has 2 aliphatic heterocycles. The predicted molar refractivity (Wildman–Crippen MR) is 88.9 cm³/mol. The third-order valence-corrected chi connectivity index (χ3v) is 5.53. The van der Waals surface area contributed by atoms with E-state index < -0.39 is 0 Å². The van der Waals surface area contributed by atoms with Crippen LogP contribution in [0.3, 0.4) is 0 Å². The van der Waals surface area contributed by atoms with E-state index in [4.69, 9.17) is 9.47 Å². The van der Waals surface area contributed by atoms with Gasteiger partial charge in [0, 0.05) is 43.6 Å². The molecule has 23 heavy (non-hydrogen) atoms. The van der Waals surface area contributed by atoms with Crippen molar-refractivity contribution in [2.24, 2.45) is 0 Å². The molecular weight excluding hydrogens is 314 g/mol. The molecule has 2 aliphatic rings. The summed E-state index contributed by atoms with van der Waals surface area (Å²) in [7, 11) is 0. The van der Waals surface area contributed by atoms with Gasteiger partial charge < -0.3 is 19.7 Å². The number of urea groups is 1. The molecule has 6 nitrogen and oxygen atoms in total. The van der Waals surface area contributed by atoms with Gasteiger partial charge >= 0.3 is 6.03 Å². The molecule has 0 aromatic carbocycles. The molecule has 7 heteroatoms. The maximum Gasteiger partial charge on any atom is 0.317 e. The van der Waals surface area contributed by atoms with Gasteiger partial charge in [-0.15, -0.1) is 11.3 Å². The predicted octanol–water partition coefficient (Wildman–Crippen LogP) is 1.84. The molecule has 0 aliphatic carbocycles. The number of aryl methyl sites for hydroxylation is 1.